The highest BCUT2D eigenvalue weighted by Gasteiger charge is 2.40. The molecule has 0 spiro atoms. The minimum atomic E-state index is -0.388. The number of hydrogen-bond acceptors (Lipinski definition) is 10. The van der Waals surface area contributed by atoms with Crippen molar-refractivity contribution in [3.63, 3.8) is 0 Å². The van der Waals surface area contributed by atoms with Crippen molar-refractivity contribution in [2.75, 3.05) is 9.80 Å². The van der Waals surface area contributed by atoms with Crippen LogP contribution >= 0.6 is 45.3 Å². The molecule has 2 aliphatic rings. The lowest BCUT2D eigenvalue weighted by atomic mass is 9.81. The third-order valence-corrected chi connectivity index (χ3v) is 19.8. The molecule has 2 aliphatic heterocycles. The standard InChI is InChI=1S/C62H44N4O4S4/c1-29-33(5)57(34(6)30(2)55(29)63-27-37-13-23-49(73-37)47-11-9-25-71-47)65-59(67)43-19-15-39-41-17-21-45-54-46(22-18-42(52(41)54)40-16-20-44(60(65)68)53(43)51(39)40)62(70)66(61(45)69)58-35(7)31(3)56(32(4)36(58)8)64-28-38-14-24-50(74-38)48-12-10-26-72-48/h9-28H,1-8H3. The Morgan fingerprint density at radius 2 is 0.689 bits per heavy atom. The van der Waals surface area contributed by atoms with Crippen LogP contribution in [0.1, 0.15) is 95.7 Å². The van der Waals surface area contributed by atoms with Gasteiger partial charge < -0.3 is 0 Å². The van der Waals surface area contributed by atoms with Gasteiger partial charge in [-0.15, -0.1) is 45.3 Å². The van der Waals surface area contributed by atoms with Gasteiger partial charge in [0, 0.05) is 74.7 Å². The van der Waals surface area contributed by atoms with Crippen LogP contribution in [0.3, 0.4) is 0 Å². The van der Waals surface area contributed by atoms with Crippen LogP contribution in [0.5, 0.6) is 0 Å². The number of fused-ring (bicyclic) bond motifs is 2. The molecule has 6 heterocycles. The molecular formula is C62H44N4O4S4. The number of rotatable bonds is 8. The Bertz CT molecular complexity index is 3920. The van der Waals surface area contributed by atoms with E-state index in [-0.39, 0.29) is 23.6 Å². The van der Waals surface area contributed by atoms with Crippen LogP contribution in [0.15, 0.2) is 118 Å². The lowest BCUT2D eigenvalue weighted by Gasteiger charge is -2.33. The maximum Gasteiger partial charge on any atom is 0.266 e. The highest BCUT2D eigenvalue weighted by Crippen LogP contribution is 2.49. The first-order chi connectivity index (χ1) is 35.7. The van der Waals surface area contributed by atoms with Gasteiger partial charge in [-0.25, -0.2) is 9.80 Å². The Labute approximate surface area is 442 Å². The number of nitrogens with zero attached hydrogens (tertiary/aromatic N) is 4. The van der Waals surface area contributed by atoms with E-state index in [9.17, 15) is 19.2 Å². The third kappa shape index (κ3) is 6.54. The van der Waals surface area contributed by atoms with Gasteiger partial charge in [-0.05, 0) is 204 Å². The number of carbonyl (C=O) groups excluding carboxylic acids is 4. The molecule has 0 aliphatic carbocycles. The van der Waals surface area contributed by atoms with Crippen LogP contribution < -0.4 is 9.80 Å². The number of anilines is 2. The van der Waals surface area contributed by atoms with Crippen molar-refractivity contribution < 1.29 is 19.2 Å². The second-order valence-electron chi connectivity index (χ2n) is 19.3. The van der Waals surface area contributed by atoms with Gasteiger partial charge in [0.25, 0.3) is 23.6 Å². The first-order valence-electron chi connectivity index (χ1n) is 24.3. The topological polar surface area (TPSA) is 99.5 Å². The highest BCUT2D eigenvalue weighted by molar-refractivity contribution is 7.22. The zero-order valence-corrected chi connectivity index (χ0v) is 44.9. The Hall–Kier alpha value is -7.74. The largest absolute Gasteiger partial charge is 0.268 e. The van der Waals surface area contributed by atoms with Crippen LogP contribution in [0, 0.1) is 55.4 Å². The van der Waals surface area contributed by atoms with E-state index in [0.29, 0.717) is 44.4 Å². The Morgan fingerprint density at radius 1 is 0.365 bits per heavy atom. The summed E-state index contributed by atoms with van der Waals surface area (Å²) in [6.07, 6.45) is 3.79. The zero-order valence-electron chi connectivity index (χ0n) is 41.6. The lowest BCUT2D eigenvalue weighted by molar-refractivity contribution is 0.0877. The van der Waals surface area contributed by atoms with E-state index in [2.05, 4.69) is 59.3 Å². The second-order valence-corrected chi connectivity index (χ2v) is 23.4. The van der Waals surface area contributed by atoms with Gasteiger partial charge in [0.05, 0.1) is 22.7 Å². The van der Waals surface area contributed by atoms with Gasteiger partial charge in [-0.3, -0.25) is 29.2 Å². The number of thiophene rings is 4. The van der Waals surface area contributed by atoms with E-state index < -0.39 is 0 Å². The summed E-state index contributed by atoms with van der Waals surface area (Å²) in [5.74, 6) is -1.55. The van der Waals surface area contributed by atoms with Gasteiger partial charge in [-0.1, -0.05) is 36.4 Å². The fourth-order valence-corrected chi connectivity index (χ4v) is 14.9. The molecule has 13 rings (SSSR count). The van der Waals surface area contributed by atoms with E-state index in [1.54, 1.807) is 45.3 Å². The van der Waals surface area contributed by atoms with Crippen molar-refractivity contribution >= 4 is 147 Å². The van der Waals surface area contributed by atoms with Crippen molar-refractivity contribution in [2.24, 2.45) is 9.98 Å². The zero-order chi connectivity index (χ0) is 51.2. The van der Waals surface area contributed by atoms with E-state index in [1.165, 1.54) is 29.3 Å². The quantitative estimate of drug-likeness (QED) is 0.0655. The normalized spacial score (nSPS) is 13.9. The first-order valence-corrected chi connectivity index (χ1v) is 27.7. The van der Waals surface area contributed by atoms with Gasteiger partial charge in [0.15, 0.2) is 0 Å². The maximum absolute atomic E-state index is 15.0. The lowest BCUT2D eigenvalue weighted by Crippen LogP contribution is -2.41. The van der Waals surface area contributed by atoms with Crippen LogP contribution in [0.2, 0.25) is 0 Å². The summed E-state index contributed by atoms with van der Waals surface area (Å²) < 4.78 is 0. The predicted octanol–water partition coefficient (Wildman–Crippen LogP) is 16.9. The molecule has 0 atom stereocenters. The monoisotopic (exact) mass is 1040 g/mol. The van der Waals surface area contributed by atoms with Gasteiger partial charge >= 0.3 is 0 Å². The first kappa shape index (κ1) is 46.1. The smallest absolute Gasteiger partial charge is 0.266 e. The SMILES string of the molecule is Cc1c(C)c(N2C(=O)c3ccc4c5ccc6c7c(ccc(c8ccc(c3c48)C2=O)c75)C(=O)N(c2c(C)c(C)c(N=Cc3ccc(-c4cccs4)s3)c(C)c2C)C6=O)c(C)c(C)c1N=Cc1ccc(-c2cccs2)s1. The minimum absolute atomic E-state index is 0.388. The summed E-state index contributed by atoms with van der Waals surface area (Å²) in [6, 6.07) is 31.9. The summed E-state index contributed by atoms with van der Waals surface area (Å²) in [6.45, 7) is 15.8. The molecule has 4 aromatic heterocycles. The number of imide groups is 2. The van der Waals surface area contributed by atoms with Gasteiger partial charge in [0.2, 0.25) is 0 Å². The number of aliphatic imine (C=N–C) groups is 2. The molecule has 11 aromatic rings. The fraction of sp³-hybridized carbons (Fsp3) is 0.129. The minimum Gasteiger partial charge on any atom is -0.268 e. The van der Waals surface area contributed by atoms with Crippen molar-refractivity contribution in [3.8, 4) is 19.5 Å². The van der Waals surface area contributed by atoms with E-state index >= 15 is 0 Å². The average molecular weight is 1040 g/mol. The van der Waals surface area contributed by atoms with Crippen LogP contribution in [0.25, 0.3) is 62.6 Å². The second kappa shape index (κ2) is 16.9. The molecule has 0 saturated heterocycles. The van der Waals surface area contributed by atoms with E-state index in [1.807, 2.05) is 116 Å². The maximum atomic E-state index is 15.0. The Morgan fingerprint density at radius 3 is 0.986 bits per heavy atom. The van der Waals surface area contributed by atoms with Crippen molar-refractivity contribution in [1.82, 2.24) is 0 Å². The number of hydrogen-bond donors (Lipinski definition) is 0. The fourth-order valence-electron chi connectivity index (χ4n) is 11.5. The van der Waals surface area contributed by atoms with E-state index in [4.69, 9.17) is 9.98 Å². The van der Waals surface area contributed by atoms with Crippen LogP contribution in [0.4, 0.5) is 22.7 Å². The summed E-state index contributed by atoms with van der Waals surface area (Å²) in [5, 5.41) is 10.3. The summed E-state index contributed by atoms with van der Waals surface area (Å²) >= 11 is 6.80. The molecule has 7 aromatic carbocycles. The number of amides is 4. The Balaban J connectivity index is 0.868. The van der Waals surface area contributed by atoms with Gasteiger partial charge in [-0.2, -0.15) is 0 Å². The molecular weight excluding hydrogens is 993 g/mol. The molecule has 8 nitrogen and oxygen atoms in total. The molecule has 74 heavy (non-hydrogen) atoms. The molecule has 4 amide bonds. The van der Waals surface area contributed by atoms with Crippen molar-refractivity contribution in [2.45, 2.75) is 55.4 Å². The average Bonchev–Trinajstić information content (AvgIpc) is 4.28. The molecule has 0 unspecified atom stereocenters. The van der Waals surface area contributed by atoms with Crippen molar-refractivity contribution in [3.05, 3.63) is 184 Å². The molecule has 12 heteroatoms. The van der Waals surface area contributed by atoms with Crippen molar-refractivity contribution in [1.29, 1.82) is 0 Å². The third-order valence-electron chi connectivity index (χ3n) is 15.6. The highest BCUT2D eigenvalue weighted by atomic mass is 32.1. The molecule has 0 N–H and O–H groups in total. The molecule has 0 bridgehead atoms. The summed E-state index contributed by atoms with van der Waals surface area (Å²) in [5.41, 5.74) is 11.4. The van der Waals surface area contributed by atoms with Crippen LogP contribution in [-0.4, -0.2) is 36.1 Å². The van der Waals surface area contributed by atoms with Gasteiger partial charge in [0.1, 0.15) is 0 Å². The number of carbonyl (C=O) groups is 4. The molecule has 360 valence electrons. The van der Waals surface area contributed by atoms with Crippen LogP contribution in [-0.2, 0) is 0 Å². The molecule has 0 radical (unpaired) electrons. The molecule has 0 fully saturated rings. The Kier molecular flexibility index (Phi) is 10.5. The number of benzene rings is 7. The summed E-state index contributed by atoms with van der Waals surface area (Å²) in [4.78, 5) is 79.5. The molecule has 0 saturated carbocycles. The summed E-state index contributed by atoms with van der Waals surface area (Å²) in [7, 11) is 0. The van der Waals surface area contributed by atoms with E-state index in [0.717, 1.165) is 98.0 Å². The predicted molar refractivity (Wildman–Crippen MR) is 310 cm³/mol.